The van der Waals surface area contributed by atoms with Crippen LogP contribution in [0.5, 0.6) is 0 Å². The van der Waals surface area contributed by atoms with Gasteiger partial charge in [0.25, 0.3) is 0 Å². The monoisotopic (exact) mass is 423 g/mol. The zero-order valence-electron chi connectivity index (χ0n) is 18.1. The van der Waals surface area contributed by atoms with E-state index in [4.69, 9.17) is 14.2 Å². The fraction of sp³-hybridized carbons (Fsp3) is 0.609. The normalized spacial score (nSPS) is 10.6. The summed E-state index contributed by atoms with van der Waals surface area (Å²) in [7, 11) is 0. The molecule has 30 heavy (non-hydrogen) atoms. The predicted octanol–water partition coefficient (Wildman–Crippen LogP) is 2.95. The molecule has 0 atom stereocenters. The number of carbonyl (C=O) groups excluding carboxylic acids is 3. The van der Waals surface area contributed by atoms with Gasteiger partial charge in [-0.2, -0.15) is 0 Å². The van der Waals surface area contributed by atoms with Crippen molar-refractivity contribution in [3.8, 4) is 0 Å². The van der Waals surface area contributed by atoms with Gasteiger partial charge in [0.1, 0.15) is 6.10 Å². The molecule has 1 N–H and O–H groups in total. The van der Waals surface area contributed by atoms with Crippen molar-refractivity contribution in [3.63, 3.8) is 0 Å². The molecule has 1 amide bonds. The van der Waals surface area contributed by atoms with Gasteiger partial charge in [-0.15, -0.1) is 0 Å². The maximum atomic E-state index is 11.2. The minimum absolute atomic E-state index is 0.0444. The van der Waals surface area contributed by atoms with Crippen LogP contribution in [-0.2, 0) is 28.6 Å². The molecule has 0 radical (unpaired) electrons. The average molecular weight is 424 g/mol. The van der Waals surface area contributed by atoms with Gasteiger partial charge in [-0.1, -0.05) is 19.7 Å². The first kappa shape index (κ1) is 27.9. The SMILES string of the molecule is C=CC(=O)CCCCOCC(COCCCCC(=O)C=C)OCCCNC(=O)C=C. The van der Waals surface area contributed by atoms with Crippen molar-refractivity contribution in [1.29, 1.82) is 0 Å². The summed E-state index contributed by atoms with van der Waals surface area (Å²) in [5.74, 6) is -0.117. The van der Waals surface area contributed by atoms with Crippen LogP contribution < -0.4 is 5.32 Å². The molecule has 0 aromatic carbocycles. The van der Waals surface area contributed by atoms with Gasteiger partial charge in [0.15, 0.2) is 11.6 Å². The zero-order chi connectivity index (χ0) is 22.5. The highest BCUT2D eigenvalue weighted by Gasteiger charge is 2.10. The summed E-state index contributed by atoms with van der Waals surface area (Å²) in [6.45, 7) is 13.2. The van der Waals surface area contributed by atoms with Crippen LogP contribution in [0.3, 0.4) is 0 Å². The molecular weight excluding hydrogens is 386 g/mol. The summed E-state index contributed by atoms with van der Waals surface area (Å²) in [6.07, 6.45) is 8.44. The summed E-state index contributed by atoms with van der Waals surface area (Å²) < 4.78 is 17.2. The first-order valence-electron chi connectivity index (χ1n) is 10.5. The number of rotatable bonds is 22. The smallest absolute Gasteiger partial charge is 0.243 e. The van der Waals surface area contributed by atoms with Crippen molar-refractivity contribution in [3.05, 3.63) is 38.0 Å². The number of hydrogen-bond acceptors (Lipinski definition) is 6. The van der Waals surface area contributed by atoms with Crippen molar-refractivity contribution >= 4 is 17.5 Å². The molecule has 0 fully saturated rings. The minimum Gasteiger partial charge on any atom is -0.379 e. The third-order valence-electron chi connectivity index (χ3n) is 4.15. The van der Waals surface area contributed by atoms with Crippen LogP contribution in [0.1, 0.15) is 44.9 Å². The Kier molecular flexibility index (Phi) is 18.8. The van der Waals surface area contributed by atoms with Crippen LogP contribution >= 0.6 is 0 Å². The van der Waals surface area contributed by atoms with E-state index in [0.29, 0.717) is 58.8 Å². The van der Waals surface area contributed by atoms with Gasteiger partial charge in [-0.3, -0.25) is 14.4 Å². The number of nitrogens with one attached hydrogen (secondary N) is 1. The third-order valence-corrected chi connectivity index (χ3v) is 4.15. The lowest BCUT2D eigenvalue weighted by atomic mass is 10.2. The van der Waals surface area contributed by atoms with E-state index in [9.17, 15) is 14.4 Å². The van der Waals surface area contributed by atoms with E-state index in [-0.39, 0.29) is 23.6 Å². The second-order valence-corrected chi connectivity index (χ2v) is 6.75. The maximum absolute atomic E-state index is 11.2. The molecule has 0 saturated heterocycles. The van der Waals surface area contributed by atoms with Crippen molar-refractivity contribution in [2.75, 3.05) is 39.6 Å². The minimum atomic E-state index is -0.218. The molecule has 0 rings (SSSR count). The molecule has 0 spiro atoms. The third kappa shape index (κ3) is 18.0. The molecule has 0 aliphatic heterocycles. The molecule has 0 heterocycles. The largest absolute Gasteiger partial charge is 0.379 e. The second-order valence-electron chi connectivity index (χ2n) is 6.75. The van der Waals surface area contributed by atoms with Gasteiger partial charge >= 0.3 is 0 Å². The first-order chi connectivity index (χ1) is 14.5. The van der Waals surface area contributed by atoms with E-state index in [1.165, 1.54) is 18.2 Å². The summed E-state index contributed by atoms with van der Waals surface area (Å²) in [6, 6.07) is 0. The highest BCUT2D eigenvalue weighted by molar-refractivity contribution is 5.89. The predicted molar refractivity (Wildman–Crippen MR) is 117 cm³/mol. The second kappa shape index (κ2) is 20.2. The fourth-order valence-corrected chi connectivity index (χ4v) is 2.39. The molecule has 0 bridgehead atoms. The fourth-order valence-electron chi connectivity index (χ4n) is 2.39. The molecule has 7 nitrogen and oxygen atoms in total. The van der Waals surface area contributed by atoms with Gasteiger partial charge < -0.3 is 19.5 Å². The van der Waals surface area contributed by atoms with Crippen molar-refractivity contribution in [2.45, 2.75) is 51.0 Å². The Bertz CT molecular complexity index is 500. The van der Waals surface area contributed by atoms with Gasteiger partial charge in [0, 0.05) is 39.2 Å². The Hall–Kier alpha value is -2.09. The Morgan fingerprint density at radius 1 is 0.733 bits per heavy atom. The van der Waals surface area contributed by atoms with E-state index >= 15 is 0 Å². The summed E-state index contributed by atoms with van der Waals surface area (Å²) >= 11 is 0. The molecule has 0 aromatic rings. The number of ketones is 2. The number of allylic oxidation sites excluding steroid dienone is 2. The average Bonchev–Trinajstić information content (AvgIpc) is 2.76. The Labute approximate surface area is 180 Å². The lowest BCUT2D eigenvalue weighted by molar-refractivity contribution is -0.117. The molecule has 0 saturated carbocycles. The van der Waals surface area contributed by atoms with Crippen molar-refractivity contribution in [2.24, 2.45) is 0 Å². The van der Waals surface area contributed by atoms with E-state index < -0.39 is 0 Å². The summed E-state index contributed by atoms with van der Waals surface area (Å²) in [4.78, 5) is 33.5. The van der Waals surface area contributed by atoms with Crippen LogP contribution in [0.15, 0.2) is 38.0 Å². The highest BCUT2D eigenvalue weighted by atomic mass is 16.6. The standard InChI is InChI=1S/C23H37NO6/c1-4-20(25)12-7-9-15-28-18-22(30-17-11-14-24-23(27)6-3)19-29-16-10-8-13-21(26)5-2/h4-6,22H,1-3,7-19H2,(H,24,27). The number of ether oxygens (including phenoxy) is 3. The van der Waals surface area contributed by atoms with Crippen LogP contribution in [0, 0.1) is 0 Å². The maximum Gasteiger partial charge on any atom is 0.243 e. The molecule has 170 valence electrons. The van der Waals surface area contributed by atoms with Crippen LogP contribution in [0.2, 0.25) is 0 Å². The molecule has 0 aromatic heterocycles. The van der Waals surface area contributed by atoms with E-state index in [2.05, 4.69) is 25.1 Å². The molecular formula is C23H37NO6. The lowest BCUT2D eigenvalue weighted by Gasteiger charge is -2.18. The van der Waals surface area contributed by atoms with E-state index in [1.807, 2.05) is 0 Å². The quantitative estimate of drug-likeness (QED) is 0.213. The Morgan fingerprint density at radius 3 is 1.73 bits per heavy atom. The molecule has 0 aliphatic carbocycles. The van der Waals surface area contributed by atoms with Crippen LogP contribution in [0.4, 0.5) is 0 Å². The first-order valence-corrected chi connectivity index (χ1v) is 10.5. The Balaban J connectivity index is 4.05. The Morgan fingerprint density at radius 2 is 1.27 bits per heavy atom. The van der Waals surface area contributed by atoms with Gasteiger partial charge in [-0.05, 0) is 50.3 Å². The summed E-state index contributed by atoms with van der Waals surface area (Å²) in [5.41, 5.74) is 0. The highest BCUT2D eigenvalue weighted by Crippen LogP contribution is 2.03. The van der Waals surface area contributed by atoms with Crippen molar-refractivity contribution < 1.29 is 28.6 Å². The number of amides is 1. The number of unbranched alkanes of at least 4 members (excludes halogenated alkanes) is 2. The van der Waals surface area contributed by atoms with Gasteiger partial charge in [0.2, 0.25) is 5.91 Å². The van der Waals surface area contributed by atoms with Crippen LogP contribution in [0.25, 0.3) is 0 Å². The zero-order valence-corrected chi connectivity index (χ0v) is 18.1. The molecule has 0 unspecified atom stereocenters. The van der Waals surface area contributed by atoms with E-state index in [1.54, 1.807) is 0 Å². The van der Waals surface area contributed by atoms with Gasteiger partial charge in [-0.25, -0.2) is 0 Å². The van der Waals surface area contributed by atoms with E-state index in [0.717, 1.165) is 25.7 Å². The number of carbonyl (C=O) groups is 3. The van der Waals surface area contributed by atoms with Gasteiger partial charge in [0.05, 0.1) is 13.2 Å². The molecule has 0 aliphatic rings. The van der Waals surface area contributed by atoms with Crippen molar-refractivity contribution in [1.82, 2.24) is 5.32 Å². The lowest BCUT2D eigenvalue weighted by Crippen LogP contribution is -2.28. The topological polar surface area (TPSA) is 90.9 Å². The molecule has 7 heteroatoms. The summed E-state index contributed by atoms with van der Waals surface area (Å²) in [5, 5.41) is 2.70. The number of hydrogen-bond donors (Lipinski definition) is 1. The van der Waals surface area contributed by atoms with Crippen LogP contribution in [-0.4, -0.2) is 63.2 Å².